The van der Waals surface area contributed by atoms with Crippen LogP contribution in [0.25, 0.3) is 0 Å². The molecule has 1 aromatic rings. The maximum absolute atomic E-state index is 13.3. The van der Waals surface area contributed by atoms with Gasteiger partial charge in [0.1, 0.15) is 6.61 Å². The van der Waals surface area contributed by atoms with Crippen molar-refractivity contribution >= 4 is 17.8 Å². The van der Waals surface area contributed by atoms with Crippen LogP contribution in [0, 0.1) is 5.92 Å². The maximum Gasteiger partial charge on any atom is 0.305 e. The van der Waals surface area contributed by atoms with E-state index in [1.54, 1.807) is 4.90 Å². The highest BCUT2D eigenvalue weighted by Crippen LogP contribution is 2.31. The zero-order chi connectivity index (χ0) is 23.5. The van der Waals surface area contributed by atoms with Gasteiger partial charge in [-0.25, -0.2) is 0 Å². The molecule has 1 aliphatic carbocycles. The van der Waals surface area contributed by atoms with E-state index in [1.807, 2.05) is 42.5 Å². The molecule has 2 N–H and O–H groups in total. The number of aliphatic hydroxyl groups excluding tert-OH is 1. The lowest BCUT2D eigenvalue weighted by molar-refractivity contribution is -0.147. The molecule has 1 heterocycles. The molecule has 0 radical (unpaired) electrons. The number of benzene rings is 1. The molecule has 0 bridgehead atoms. The number of allylic oxidation sites excluding steroid dienone is 2. The Balaban J connectivity index is 1.73. The van der Waals surface area contributed by atoms with Gasteiger partial charge in [0.05, 0.1) is 18.1 Å². The summed E-state index contributed by atoms with van der Waals surface area (Å²) in [6, 6.07) is 9.63. The van der Waals surface area contributed by atoms with Crippen LogP contribution in [0.3, 0.4) is 0 Å². The van der Waals surface area contributed by atoms with Gasteiger partial charge in [-0.05, 0) is 37.7 Å². The van der Waals surface area contributed by atoms with Crippen molar-refractivity contribution < 1.29 is 24.2 Å². The SMILES string of the molecule is O=C1CCCC=CC[C@H](CC(=O)N(CCO)Cc2ccccc2)C(=O)NC2(CCCC2)CO1. The van der Waals surface area contributed by atoms with Crippen molar-refractivity contribution in [2.24, 2.45) is 5.92 Å². The number of nitrogens with one attached hydrogen (secondary N) is 1. The average molecular weight is 457 g/mol. The number of cyclic esters (lactones) is 1. The molecule has 3 rings (SSSR count). The molecule has 7 nitrogen and oxygen atoms in total. The van der Waals surface area contributed by atoms with E-state index < -0.39 is 11.5 Å². The summed E-state index contributed by atoms with van der Waals surface area (Å²) < 4.78 is 5.51. The van der Waals surface area contributed by atoms with Crippen molar-refractivity contribution in [2.75, 3.05) is 19.8 Å². The van der Waals surface area contributed by atoms with Gasteiger partial charge in [0, 0.05) is 25.9 Å². The number of nitrogens with zero attached hydrogens (tertiary/aromatic N) is 1. The van der Waals surface area contributed by atoms with Gasteiger partial charge in [0.2, 0.25) is 11.8 Å². The van der Waals surface area contributed by atoms with Crippen molar-refractivity contribution in [3.8, 4) is 0 Å². The molecule has 1 aromatic carbocycles. The highest BCUT2D eigenvalue weighted by molar-refractivity contribution is 5.86. The number of esters is 1. The van der Waals surface area contributed by atoms with E-state index in [2.05, 4.69) is 5.32 Å². The Morgan fingerprint density at radius 3 is 2.61 bits per heavy atom. The minimum absolute atomic E-state index is 0.0683. The summed E-state index contributed by atoms with van der Waals surface area (Å²) >= 11 is 0. The van der Waals surface area contributed by atoms with Crippen LogP contribution in [-0.2, 0) is 25.7 Å². The molecular formula is C26H36N2O5. The van der Waals surface area contributed by atoms with Crippen molar-refractivity contribution in [3.63, 3.8) is 0 Å². The number of aliphatic hydroxyl groups is 1. The highest BCUT2D eigenvalue weighted by Gasteiger charge is 2.38. The van der Waals surface area contributed by atoms with E-state index in [0.717, 1.165) is 37.7 Å². The summed E-state index contributed by atoms with van der Waals surface area (Å²) in [5, 5.41) is 12.6. The number of hydrogen-bond donors (Lipinski definition) is 2. The molecule has 2 aliphatic rings. The maximum atomic E-state index is 13.3. The smallest absolute Gasteiger partial charge is 0.305 e. The fourth-order valence-corrected chi connectivity index (χ4v) is 4.59. The fraction of sp³-hybridized carbons (Fsp3) is 0.577. The van der Waals surface area contributed by atoms with Gasteiger partial charge in [-0.1, -0.05) is 55.3 Å². The van der Waals surface area contributed by atoms with E-state index >= 15 is 0 Å². The molecule has 1 atom stereocenters. The molecule has 0 saturated heterocycles. The summed E-state index contributed by atoms with van der Waals surface area (Å²) in [6.45, 7) is 0.669. The third kappa shape index (κ3) is 7.70. The molecule has 7 heteroatoms. The second-order valence-corrected chi connectivity index (χ2v) is 9.16. The molecule has 1 fully saturated rings. The summed E-state index contributed by atoms with van der Waals surface area (Å²) in [4.78, 5) is 40.2. The zero-order valence-corrected chi connectivity index (χ0v) is 19.3. The van der Waals surface area contributed by atoms with Crippen LogP contribution in [0.1, 0.15) is 63.4 Å². The van der Waals surface area contributed by atoms with Crippen molar-refractivity contribution in [2.45, 2.75) is 69.9 Å². The Bertz CT molecular complexity index is 817. The van der Waals surface area contributed by atoms with E-state index in [0.29, 0.717) is 25.8 Å². The van der Waals surface area contributed by atoms with Crippen LogP contribution < -0.4 is 5.32 Å². The van der Waals surface area contributed by atoms with Crippen LogP contribution in [0.5, 0.6) is 0 Å². The number of hydrogen-bond acceptors (Lipinski definition) is 5. The lowest BCUT2D eigenvalue weighted by Gasteiger charge is -2.32. The van der Waals surface area contributed by atoms with Crippen molar-refractivity contribution in [1.82, 2.24) is 10.2 Å². The number of carbonyl (C=O) groups is 3. The second kappa shape index (κ2) is 12.5. The van der Waals surface area contributed by atoms with Crippen LogP contribution in [0.15, 0.2) is 42.5 Å². The summed E-state index contributed by atoms with van der Waals surface area (Å²) in [5.41, 5.74) is 0.436. The van der Waals surface area contributed by atoms with Gasteiger partial charge >= 0.3 is 5.97 Å². The first-order chi connectivity index (χ1) is 16.0. The molecule has 0 aromatic heterocycles. The first-order valence-corrected chi connectivity index (χ1v) is 12.1. The van der Waals surface area contributed by atoms with Gasteiger partial charge in [0.15, 0.2) is 0 Å². The largest absolute Gasteiger partial charge is 0.463 e. The van der Waals surface area contributed by atoms with E-state index in [1.165, 1.54) is 0 Å². The first kappa shape index (κ1) is 25.0. The molecule has 1 aliphatic heterocycles. The summed E-state index contributed by atoms with van der Waals surface area (Å²) in [7, 11) is 0. The van der Waals surface area contributed by atoms with Crippen molar-refractivity contribution in [1.29, 1.82) is 0 Å². The Hall–Kier alpha value is -2.67. The Kier molecular flexibility index (Phi) is 9.48. The number of amides is 2. The van der Waals surface area contributed by atoms with Gasteiger partial charge in [-0.15, -0.1) is 0 Å². The topological polar surface area (TPSA) is 95.9 Å². The fourth-order valence-electron chi connectivity index (χ4n) is 4.59. The molecule has 180 valence electrons. The Labute approximate surface area is 196 Å². The predicted octanol–water partition coefficient (Wildman–Crippen LogP) is 3.12. The first-order valence-electron chi connectivity index (χ1n) is 12.1. The normalized spacial score (nSPS) is 21.4. The molecule has 1 saturated carbocycles. The molecular weight excluding hydrogens is 420 g/mol. The van der Waals surface area contributed by atoms with E-state index in [4.69, 9.17) is 4.74 Å². The minimum Gasteiger partial charge on any atom is -0.463 e. The van der Waals surface area contributed by atoms with Crippen LogP contribution in [0.4, 0.5) is 0 Å². The molecule has 2 amide bonds. The second-order valence-electron chi connectivity index (χ2n) is 9.16. The Morgan fingerprint density at radius 1 is 1.12 bits per heavy atom. The lowest BCUT2D eigenvalue weighted by atomic mass is 9.94. The van der Waals surface area contributed by atoms with Crippen LogP contribution >= 0.6 is 0 Å². The highest BCUT2D eigenvalue weighted by atomic mass is 16.5. The Morgan fingerprint density at radius 2 is 1.88 bits per heavy atom. The van der Waals surface area contributed by atoms with E-state index in [9.17, 15) is 19.5 Å². The number of ether oxygens (including phenoxy) is 1. The van der Waals surface area contributed by atoms with Crippen LogP contribution in [-0.4, -0.2) is 53.1 Å². The minimum atomic E-state index is -0.541. The zero-order valence-electron chi connectivity index (χ0n) is 19.3. The summed E-state index contributed by atoms with van der Waals surface area (Å²) in [6.07, 6.45) is 9.73. The average Bonchev–Trinajstić information content (AvgIpc) is 3.27. The van der Waals surface area contributed by atoms with Gasteiger partial charge in [-0.2, -0.15) is 0 Å². The molecule has 0 unspecified atom stereocenters. The monoisotopic (exact) mass is 456 g/mol. The quantitative estimate of drug-likeness (QED) is 0.507. The van der Waals surface area contributed by atoms with Crippen molar-refractivity contribution in [3.05, 3.63) is 48.0 Å². The standard InChI is InChI=1S/C26H36N2O5/c29-17-16-28(19-21-10-4-3-5-11-21)23(30)18-22-12-6-1-2-7-13-24(31)33-20-26(27-25(22)32)14-8-9-15-26/h1,3-6,10-11,22,29H,2,7-9,12-20H2,(H,27,32)/t22-/m1/s1. The van der Waals surface area contributed by atoms with Gasteiger partial charge in [-0.3, -0.25) is 14.4 Å². The van der Waals surface area contributed by atoms with E-state index in [-0.39, 0.29) is 44.0 Å². The third-order valence-corrected chi connectivity index (χ3v) is 6.53. The lowest BCUT2D eigenvalue weighted by Crippen LogP contribution is -2.52. The predicted molar refractivity (Wildman–Crippen MR) is 125 cm³/mol. The number of carbonyl (C=O) groups excluding carboxylic acids is 3. The molecule has 1 spiro atoms. The van der Waals surface area contributed by atoms with Gasteiger partial charge < -0.3 is 20.1 Å². The number of rotatable bonds is 6. The van der Waals surface area contributed by atoms with Gasteiger partial charge in [0.25, 0.3) is 0 Å². The summed E-state index contributed by atoms with van der Waals surface area (Å²) in [5.74, 6) is -1.07. The molecule has 33 heavy (non-hydrogen) atoms. The third-order valence-electron chi connectivity index (χ3n) is 6.53. The van der Waals surface area contributed by atoms with Crippen LogP contribution in [0.2, 0.25) is 0 Å².